The minimum atomic E-state index is -1.63. The van der Waals surface area contributed by atoms with Crippen molar-refractivity contribution >= 4 is 34.5 Å². The molecule has 14 heteroatoms. The van der Waals surface area contributed by atoms with Gasteiger partial charge in [0.05, 0.1) is 23.7 Å². The number of pyridine rings is 2. The molecule has 2 unspecified atom stereocenters. The van der Waals surface area contributed by atoms with Gasteiger partial charge in [0.25, 0.3) is 0 Å². The maximum Gasteiger partial charge on any atom is 0.341 e. The van der Waals surface area contributed by atoms with E-state index in [0.717, 1.165) is 29.0 Å². The first kappa shape index (κ1) is 28.7. The summed E-state index contributed by atoms with van der Waals surface area (Å²) in [5.41, 5.74) is 9.02. The topological polar surface area (TPSA) is 174 Å². The number of amides is 1. The number of fused-ring (bicyclic) bond motifs is 1. The van der Waals surface area contributed by atoms with E-state index in [4.69, 9.17) is 11.5 Å². The third-order valence-corrected chi connectivity index (χ3v) is 6.94. The number of hydrogen-bond acceptors (Lipinski definition) is 8. The summed E-state index contributed by atoms with van der Waals surface area (Å²) in [6.07, 6.45) is 1.21. The van der Waals surface area contributed by atoms with Gasteiger partial charge in [-0.2, -0.15) is 0 Å². The predicted molar refractivity (Wildman–Crippen MR) is 139 cm³/mol. The zero-order chi connectivity index (χ0) is 29.3. The van der Waals surface area contributed by atoms with E-state index < -0.39 is 63.8 Å². The zero-order valence-electron chi connectivity index (χ0n) is 21.4. The number of aromatic nitrogens is 2. The van der Waals surface area contributed by atoms with Crippen molar-refractivity contribution < 1.29 is 32.7 Å². The Balaban J connectivity index is 1.79. The Morgan fingerprint density at radius 2 is 1.93 bits per heavy atom. The summed E-state index contributed by atoms with van der Waals surface area (Å²) in [6, 6.07) is 2.12. The molecule has 0 bridgehead atoms. The summed E-state index contributed by atoms with van der Waals surface area (Å²) in [6.45, 7) is 1.65. The van der Waals surface area contributed by atoms with Crippen LogP contribution in [-0.2, 0) is 9.59 Å². The fraction of sp³-hybridized carbons (Fsp3) is 0.346. The van der Waals surface area contributed by atoms with Gasteiger partial charge in [0.15, 0.2) is 23.1 Å². The van der Waals surface area contributed by atoms with Crippen LogP contribution < -0.4 is 27.1 Å². The van der Waals surface area contributed by atoms with Crippen LogP contribution in [0.2, 0.25) is 0 Å². The quantitative estimate of drug-likeness (QED) is 0.302. The monoisotopic (exact) mass is 560 g/mol. The second-order valence-corrected chi connectivity index (χ2v) is 9.38. The van der Waals surface area contributed by atoms with Gasteiger partial charge in [0.2, 0.25) is 11.3 Å². The maximum atomic E-state index is 15.4. The lowest BCUT2D eigenvalue weighted by atomic mass is 9.92. The molecule has 1 aliphatic heterocycles. The van der Waals surface area contributed by atoms with Crippen molar-refractivity contribution in [2.45, 2.75) is 38.4 Å². The highest BCUT2D eigenvalue weighted by molar-refractivity contribution is 5.93. The van der Waals surface area contributed by atoms with Gasteiger partial charge < -0.3 is 26.8 Å². The Bertz CT molecular complexity index is 1560. The van der Waals surface area contributed by atoms with Gasteiger partial charge in [-0.05, 0) is 37.5 Å². The van der Waals surface area contributed by atoms with Crippen molar-refractivity contribution in [3.05, 3.63) is 63.7 Å². The van der Waals surface area contributed by atoms with Crippen LogP contribution in [-0.4, -0.2) is 57.6 Å². The summed E-state index contributed by atoms with van der Waals surface area (Å²) in [4.78, 5) is 55.3. The van der Waals surface area contributed by atoms with Crippen LogP contribution in [0.1, 0.15) is 36.5 Å². The van der Waals surface area contributed by atoms with Gasteiger partial charge in [-0.15, -0.1) is 0 Å². The number of anilines is 1. The molecule has 1 aliphatic rings. The van der Waals surface area contributed by atoms with Gasteiger partial charge in [-0.25, -0.2) is 22.9 Å². The van der Waals surface area contributed by atoms with E-state index in [0.29, 0.717) is 18.9 Å². The molecule has 0 spiro atoms. The van der Waals surface area contributed by atoms with Gasteiger partial charge >= 0.3 is 5.97 Å². The van der Waals surface area contributed by atoms with Gasteiger partial charge in [-0.3, -0.25) is 19.0 Å². The van der Waals surface area contributed by atoms with Crippen LogP contribution in [0.5, 0.6) is 0 Å². The Hall–Kier alpha value is -4.30. The number of carboxylic acid groups (broad SMARTS) is 1. The van der Waals surface area contributed by atoms with E-state index in [9.17, 15) is 33.1 Å². The normalized spacial score (nSPS) is 16.6. The first-order chi connectivity index (χ1) is 19.0. The molecule has 6 N–H and O–H groups in total. The molecule has 0 aliphatic carbocycles. The highest BCUT2D eigenvalue weighted by Crippen LogP contribution is 2.29. The van der Waals surface area contributed by atoms with Crippen LogP contribution in [0.3, 0.4) is 0 Å². The Kier molecular flexibility index (Phi) is 8.21. The van der Waals surface area contributed by atoms with Gasteiger partial charge in [0.1, 0.15) is 23.4 Å². The summed E-state index contributed by atoms with van der Waals surface area (Å²) in [5, 5.41) is 11.8. The molecule has 3 aromatic rings. The third kappa shape index (κ3) is 5.27. The number of aromatic carboxylic acids is 1. The number of halogens is 3. The van der Waals surface area contributed by atoms with Crippen LogP contribution >= 0.6 is 0 Å². The molecular formula is C26H27F3N6O5. The first-order valence-corrected chi connectivity index (χ1v) is 12.5. The molecule has 1 fully saturated rings. The number of nitrogens with one attached hydrogen (secondary N) is 1. The number of hydrogen-bond donors (Lipinski definition) is 4. The van der Waals surface area contributed by atoms with Crippen molar-refractivity contribution in [3.8, 4) is 5.69 Å². The highest BCUT2D eigenvalue weighted by Gasteiger charge is 2.34. The number of Topliss-reactive ketones (excluding diaryl/α,β-unsaturated/α-hetero) is 1. The second-order valence-electron chi connectivity index (χ2n) is 9.38. The largest absolute Gasteiger partial charge is 0.477 e. The van der Waals surface area contributed by atoms with E-state index in [2.05, 4.69) is 10.3 Å². The smallest absolute Gasteiger partial charge is 0.341 e. The van der Waals surface area contributed by atoms with Gasteiger partial charge in [-0.1, -0.05) is 6.92 Å². The number of rotatable bonds is 9. The SMILES string of the molecule is CCC(C(=O)CN)[C@H](N)C(=O)NC1CCCN1c1nc2c(cc1F)c(=O)c(C(=O)O)cn2-c1ccc(F)cc1F. The molecule has 40 heavy (non-hydrogen) atoms. The zero-order valence-corrected chi connectivity index (χ0v) is 21.4. The molecule has 0 saturated carbocycles. The van der Waals surface area contributed by atoms with Gasteiger partial charge in [0, 0.05) is 24.7 Å². The van der Waals surface area contributed by atoms with E-state index in [1.807, 2.05) is 0 Å². The van der Waals surface area contributed by atoms with E-state index in [1.165, 1.54) is 4.90 Å². The summed E-state index contributed by atoms with van der Waals surface area (Å²) < 4.78 is 44.7. The standard InChI is InChI=1S/C26H27F3N6O5/c1-2-13(19(36)10-30)21(31)25(38)32-20-4-3-7-34(20)24-17(29)9-14-22(37)15(26(39)40)11-35(23(14)33-24)18-6-5-12(27)8-16(18)28/h5-6,8-9,11,13,20-21H,2-4,7,10,30-31H2,1H3,(H,32,38)(H,39,40)/t13?,20?,21-/m0/s1. The molecule has 4 rings (SSSR count). The summed E-state index contributed by atoms with van der Waals surface area (Å²) in [5.74, 6) is -6.72. The fourth-order valence-electron chi connectivity index (χ4n) is 4.88. The predicted octanol–water partition coefficient (Wildman–Crippen LogP) is 1.43. The van der Waals surface area contributed by atoms with Crippen LogP contribution in [0, 0.1) is 23.4 Å². The molecule has 0 radical (unpaired) electrons. The van der Waals surface area contributed by atoms with E-state index in [-0.39, 0.29) is 42.4 Å². The Morgan fingerprint density at radius 3 is 2.55 bits per heavy atom. The molecule has 2 aromatic heterocycles. The summed E-state index contributed by atoms with van der Waals surface area (Å²) >= 11 is 0. The highest BCUT2D eigenvalue weighted by atomic mass is 19.1. The first-order valence-electron chi connectivity index (χ1n) is 12.5. The van der Waals surface area contributed by atoms with Crippen molar-refractivity contribution in [3.63, 3.8) is 0 Å². The minimum Gasteiger partial charge on any atom is -0.477 e. The van der Waals surface area contributed by atoms with Crippen molar-refractivity contribution in [1.29, 1.82) is 0 Å². The van der Waals surface area contributed by atoms with Crippen LogP contribution in [0.15, 0.2) is 35.3 Å². The van der Waals surface area contributed by atoms with Crippen molar-refractivity contribution in [2.24, 2.45) is 17.4 Å². The number of nitrogens with two attached hydrogens (primary N) is 2. The molecule has 3 atom stereocenters. The number of nitrogens with zero attached hydrogens (tertiary/aromatic N) is 3. The van der Waals surface area contributed by atoms with Crippen molar-refractivity contribution in [2.75, 3.05) is 18.0 Å². The average molecular weight is 561 g/mol. The van der Waals surface area contributed by atoms with E-state index in [1.54, 1.807) is 6.92 Å². The molecule has 1 saturated heterocycles. The molecule has 212 valence electrons. The lowest BCUT2D eigenvalue weighted by Gasteiger charge is -2.29. The lowest BCUT2D eigenvalue weighted by Crippen LogP contribution is -2.54. The number of carbonyl (C=O) groups is 3. The number of carboxylic acids is 1. The molecular weight excluding hydrogens is 533 g/mol. The molecule has 3 heterocycles. The molecule has 11 nitrogen and oxygen atoms in total. The minimum absolute atomic E-state index is 0.233. The van der Waals surface area contributed by atoms with Crippen molar-refractivity contribution in [1.82, 2.24) is 14.9 Å². The lowest BCUT2D eigenvalue weighted by molar-refractivity contribution is -0.130. The number of ketones is 1. The van der Waals surface area contributed by atoms with Crippen LogP contribution in [0.25, 0.3) is 16.7 Å². The third-order valence-electron chi connectivity index (χ3n) is 6.94. The van der Waals surface area contributed by atoms with E-state index >= 15 is 4.39 Å². The number of benzene rings is 1. The number of carbonyl (C=O) groups excluding carboxylic acids is 2. The molecule has 1 aromatic carbocycles. The average Bonchev–Trinajstić information content (AvgIpc) is 3.36. The second kappa shape index (κ2) is 11.4. The summed E-state index contributed by atoms with van der Waals surface area (Å²) in [7, 11) is 0. The Labute approximate surface area is 225 Å². The fourth-order valence-corrected chi connectivity index (χ4v) is 4.88. The van der Waals surface area contributed by atoms with Crippen LogP contribution in [0.4, 0.5) is 19.0 Å². The Morgan fingerprint density at radius 1 is 1.20 bits per heavy atom. The maximum absolute atomic E-state index is 15.4. The molecule has 1 amide bonds.